The molecule has 0 aromatic heterocycles. The minimum Gasteiger partial charge on any atom is -0.389 e. The van der Waals surface area contributed by atoms with Crippen LogP contribution in [0.1, 0.15) is 44.6 Å². The first kappa shape index (κ1) is 14.6. The molecule has 1 aromatic carbocycles. The number of anilines is 1. The van der Waals surface area contributed by atoms with Gasteiger partial charge in [-0.05, 0) is 31.4 Å². The number of nitrogens with zero attached hydrogens (tertiary/aromatic N) is 1. The number of benzene rings is 1. The summed E-state index contributed by atoms with van der Waals surface area (Å²) in [5, 5.41) is 0.657. The summed E-state index contributed by atoms with van der Waals surface area (Å²) >= 11 is 11.5. The van der Waals surface area contributed by atoms with Crippen molar-refractivity contribution in [1.82, 2.24) is 0 Å². The Bertz CT molecular complexity index is 461. The SMILES string of the molecule is CCC1CCCCCN1c1cccc(Cl)c1C(N)=S. The third-order valence-electron chi connectivity index (χ3n) is 3.90. The molecule has 1 aliphatic heterocycles. The first-order chi connectivity index (χ1) is 9.15. The quantitative estimate of drug-likeness (QED) is 0.850. The van der Waals surface area contributed by atoms with E-state index in [1.807, 2.05) is 12.1 Å². The molecular weight excluding hydrogens is 276 g/mol. The van der Waals surface area contributed by atoms with Gasteiger partial charge in [-0.15, -0.1) is 0 Å². The highest BCUT2D eigenvalue weighted by Gasteiger charge is 2.23. The van der Waals surface area contributed by atoms with Crippen molar-refractivity contribution in [2.45, 2.75) is 45.1 Å². The van der Waals surface area contributed by atoms with Gasteiger partial charge in [0.15, 0.2) is 0 Å². The van der Waals surface area contributed by atoms with Gasteiger partial charge in [-0.3, -0.25) is 0 Å². The highest BCUT2D eigenvalue weighted by molar-refractivity contribution is 7.80. The molecule has 19 heavy (non-hydrogen) atoms. The normalized spacial score (nSPS) is 20.1. The van der Waals surface area contributed by atoms with Gasteiger partial charge in [0.2, 0.25) is 0 Å². The van der Waals surface area contributed by atoms with E-state index in [2.05, 4.69) is 17.9 Å². The van der Waals surface area contributed by atoms with Crippen LogP contribution in [0.25, 0.3) is 0 Å². The van der Waals surface area contributed by atoms with Crippen LogP contribution in [-0.4, -0.2) is 17.6 Å². The summed E-state index contributed by atoms with van der Waals surface area (Å²) in [5.41, 5.74) is 7.81. The molecule has 0 radical (unpaired) electrons. The number of halogens is 1. The summed E-state index contributed by atoms with van der Waals surface area (Å²) in [7, 11) is 0. The van der Waals surface area contributed by atoms with Crippen molar-refractivity contribution in [2.75, 3.05) is 11.4 Å². The van der Waals surface area contributed by atoms with Gasteiger partial charge in [-0.1, -0.05) is 49.7 Å². The van der Waals surface area contributed by atoms with Crippen LogP contribution in [0.2, 0.25) is 5.02 Å². The standard InChI is InChI=1S/C15H21ClN2S/c1-2-11-7-4-3-5-10-18(11)13-9-6-8-12(16)14(13)15(17)19/h6,8-9,11H,2-5,7,10H2,1H3,(H2,17,19). The second kappa shape index (κ2) is 6.58. The molecule has 1 heterocycles. The van der Waals surface area contributed by atoms with Crippen LogP contribution >= 0.6 is 23.8 Å². The second-order valence-corrected chi connectivity index (χ2v) is 5.95. The van der Waals surface area contributed by atoms with Gasteiger partial charge in [0.1, 0.15) is 4.99 Å². The van der Waals surface area contributed by atoms with Crippen molar-refractivity contribution < 1.29 is 0 Å². The Morgan fingerprint density at radius 3 is 2.89 bits per heavy atom. The number of hydrogen-bond donors (Lipinski definition) is 1. The molecule has 1 unspecified atom stereocenters. The lowest BCUT2D eigenvalue weighted by Crippen LogP contribution is -2.36. The predicted octanol–water partition coefficient (Wildman–Crippen LogP) is 4.13. The minimum absolute atomic E-state index is 0.389. The third kappa shape index (κ3) is 3.21. The Labute approximate surface area is 125 Å². The summed E-state index contributed by atoms with van der Waals surface area (Å²) < 4.78 is 0. The van der Waals surface area contributed by atoms with Crippen LogP contribution in [0, 0.1) is 0 Å². The van der Waals surface area contributed by atoms with E-state index in [4.69, 9.17) is 29.6 Å². The van der Waals surface area contributed by atoms with Gasteiger partial charge in [0.25, 0.3) is 0 Å². The summed E-state index contributed by atoms with van der Waals surface area (Å²) in [4.78, 5) is 2.84. The average Bonchev–Trinajstić information content (AvgIpc) is 2.62. The average molecular weight is 297 g/mol. The molecule has 4 heteroatoms. The molecule has 0 aliphatic carbocycles. The van der Waals surface area contributed by atoms with Crippen LogP contribution in [-0.2, 0) is 0 Å². The zero-order valence-electron chi connectivity index (χ0n) is 11.4. The monoisotopic (exact) mass is 296 g/mol. The highest BCUT2D eigenvalue weighted by Crippen LogP contribution is 2.32. The Morgan fingerprint density at radius 2 is 2.21 bits per heavy atom. The molecule has 1 aliphatic rings. The van der Waals surface area contributed by atoms with Crippen molar-refractivity contribution in [3.63, 3.8) is 0 Å². The van der Waals surface area contributed by atoms with Gasteiger partial charge < -0.3 is 10.6 Å². The zero-order chi connectivity index (χ0) is 13.8. The largest absolute Gasteiger partial charge is 0.389 e. The molecule has 1 aromatic rings. The fourth-order valence-corrected chi connectivity index (χ4v) is 3.46. The summed E-state index contributed by atoms with van der Waals surface area (Å²) in [6.07, 6.45) is 6.21. The lowest BCUT2D eigenvalue weighted by molar-refractivity contribution is 0.556. The first-order valence-corrected chi connectivity index (χ1v) is 7.78. The van der Waals surface area contributed by atoms with Gasteiger partial charge in [0.05, 0.1) is 10.6 Å². The predicted molar refractivity (Wildman–Crippen MR) is 87.2 cm³/mol. The molecule has 0 bridgehead atoms. The Hall–Kier alpha value is -0.800. The molecule has 1 saturated heterocycles. The lowest BCUT2D eigenvalue weighted by atomic mass is 10.0. The van der Waals surface area contributed by atoms with E-state index in [-0.39, 0.29) is 0 Å². The smallest absolute Gasteiger partial charge is 0.107 e. The number of rotatable bonds is 3. The number of nitrogens with two attached hydrogens (primary N) is 1. The first-order valence-electron chi connectivity index (χ1n) is 7.00. The number of thiocarbonyl (C=S) groups is 1. The molecule has 1 fully saturated rings. The molecule has 104 valence electrons. The highest BCUT2D eigenvalue weighted by atomic mass is 35.5. The van der Waals surface area contributed by atoms with Crippen molar-refractivity contribution in [3.8, 4) is 0 Å². The Balaban J connectivity index is 2.43. The minimum atomic E-state index is 0.389. The van der Waals surface area contributed by atoms with Crippen molar-refractivity contribution in [2.24, 2.45) is 5.73 Å². The van der Waals surface area contributed by atoms with E-state index in [9.17, 15) is 0 Å². The van der Waals surface area contributed by atoms with E-state index < -0.39 is 0 Å². The molecule has 0 amide bonds. The molecule has 2 rings (SSSR count). The maximum Gasteiger partial charge on any atom is 0.107 e. The van der Waals surface area contributed by atoms with E-state index in [0.29, 0.717) is 16.1 Å². The van der Waals surface area contributed by atoms with Gasteiger partial charge in [0, 0.05) is 18.3 Å². The van der Waals surface area contributed by atoms with Crippen molar-refractivity contribution >= 4 is 34.5 Å². The third-order valence-corrected chi connectivity index (χ3v) is 4.41. The Morgan fingerprint density at radius 1 is 1.42 bits per heavy atom. The van der Waals surface area contributed by atoms with Crippen LogP contribution in [0.3, 0.4) is 0 Å². The Kier molecular flexibility index (Phi) is 5.06. The molecule has 2 nitrogen and oxygen atoms in total. The van der Waals surface area contributed by atoms with E-state index in [1.54, 1.807) is 0 Å². The molecule has 0 spiro atoms. The fraction of sp³-hybridized carbons (Fsp3) is 0.533. The van der Waals surface area contributed by atoms with Gasteiger partial charge in [-0.25, -0.2) is 0 Å². The zero-order valence-corrected chi connectivity index (χ0v) is 12.9. The fourth-order valence-electron chi connectivity index (χ4n) is 2.91. The van der Waals surface area contributed by atoms with Gasteiger partial charge in [-0.2, -0.15) is 0 Å². The lowest BCUT2D eigenvalue weighted by Gasteiger charge is -2.33. The maximum atomic E-state index is 6.28. The molecular formula is C15H21ClN2S. The van der Waals surface area contributed by atoms with Crippen molar-refractivity contribution in [1.29, 1.82) is 0 Å². The second-order valence-electron chi connectivity index (χ2n) is 5.10. The van der Waals surface area contributed by atoms with Crippen LogP contribution in [0.5, 0.6) is 0 Å². The van der Waals surface area contributed by atoms with E-state index in [0.717, 1.165) is 24.2 Å². The van der Waals surface area contributed by atoms with Crippen LogP contribution in [0.4, 0.5) is 5.69 Å². The summed E-state index contributed by atoms with van der Waals surface area (Å²) in [5.74, 6) is 0. The number of hydrogen-bond acceptors (Lipinski definition) is 2. The topological polar surface area (TPSA) is 29.3 Å². The van der Waals surface area contributed by atoms with E-state index in [1.165, 1.54) is 25.7 Å². The molecule has 1 atom stereocenters. The maximum absolute atomic E-state index is 6.28. The van der Waals surface area contributed by atoms with Crippen LogP contribution in [0.15, 0.2) is 18.2 Å². The van der Waals surface area contributed by atoms with E-state index >= 15 is 0 Å². The van der Waals surface area contributed by atoms with Crippen molar-refractivity contribution in [3.05, 3.63) is 28.8 Å². The summed E-state index contributed by atoms with van der Waals surface area (Å²) in [6.45, 7) is 3.31. The van der Waals surface area contributed by atoms with Crippen LogP contribution < -0.4 is 10.6 Å². The van der Waals surface area contributed by atoms with Gasteiger partial charge >= 0.3 is 0 Å². The summed E-state index contributed by atoms with van der Waals surface area (Å²) in [6, 6.07) is 6.50. The molecule has 2 N–H and O–H groups in total. The molecule has 0 saturated carbocycles.